The van der Waals surface area contributed by atoms with Crippen LogP contribution in [0.15, 0.2) is 54.7 Å². The van der Waals surface area contributed by atoms with E-state index in [9.17, 15) is 9.59 Å². The van der Waals surface area contributed by atoms with E-state index in [1.807, 2.05) is 6.07 Å². The Balaban J connectivity index is 1.58. The van der Waals surface area contributed by atoms with Gasteiger partial charge in [0.15, 0.2) is 0 Å². The van der Waals surface area contributed by atoms with Crippen LogP contribution in [0.5, 0.6) is 0 Å². The average Bonchev–Trinajstić information content (AvgIpc) is 3.00. The molecule has 0 radical (unpaired) electrons. The third-order valence-corrected chi connectivity index (χ3v) is 5.28. The number of nitrogens with one attached hydrogen (secondary N) is 1. The predicted molar refractivity (Wildman–Crippen MR) is 111 cm³/mol. The number of carbonyl (C=O) groups excluding carboxylic acids is 2. The lowest BCUT2D eigenvalue weighted by Crippen LogP contribution is -2.23. The normalized spacial score (nSPS) is 12.8. The first-order chi connectivity index (χ1) is 13.5. The number of halogens is 3. The molecule has 1 aromatic heterocycles. The van der Waals surface area contributed by atoms with Gasteiger partial charge >= 0.3 is 0 Å². The van der Waals surface area contributed by atoms with Gasteiger partial charge < -0.3 is 10.2 Å². The summed E-state index contributed by atoms with van der Waals surface area (Å²) in [5.41, 5.74) is 2.44. The number of carbonyl (C=O) groups is 2. The number of amides is 2. The number of aromatic nitrogens is 1. The fourth-order valence-corrected chi connectivity index (χ4v) is 3.82. The molecule has 4 rings (SSSR count). The third kappa shape index (κ3) is 3.33. The smallest absolute Gasteiger partial charge is 0.275 e. The van der Waals surface area contributed by atoms with Crippen LogP contribution in [0.2, 0.25) is 15.1 Å². The number of hydrogen-bond donors (Lipinski definition) is 1. The Bertz CT molecular complexity index is 1120. The van der Waals surface area contributed by atoms with Crippen molar-refractivity contribution in [1.29, 1.82) is 0 Å². The van der Waals surface area contributed by atoms with Gasteiger partial charge in [0.25, 0.3) is 11.8 Å². The summed E-state index contributed by atoms with van der Waals surface area (Å²) < 4.78 is 0. The van der Waals surface area contributed by atoms with Crippen LogP contribution in [0.3, 0.4) is 0 Å². The van der Waals surface area contributed by atoms with Crippen molar-refractivity contribution >= 4 is 58.0 Å². The number of rotatable bonds is 3. The van der Waals surface area contributed by atoms with E-state index in [0.29, 0.717) is 33.5 Å². The van der Waals surface area contributed by atoms with E-state index in [1.165, 1.54) is 6.20 Å². The molecule has 0 bridgehead atoms. The molecule has 0 fully saturated rings. The van der Waals surface area contributed by atoms with Gasteiger partial charge in [0, 0.05) is 11.9 Å². The fourth-order valence-electron chi connectivity index (χ4n) is 3.06. The van der Waals surface area contributed by atoms with Crippen molar-refractivity contribution in [1.82, 2.24) is 4.98 Å². The number of hydrogen-bond acceptors (Lipinski definition) is 3. The third-order valence-electron chi connectivity index (χ3n) is 4.36. The topological polar surface area (TPSA) is 62.3 Å². The monoisotopic (exact) mass is 431 g/mol. The predicted octanol–water partition coefficient (Wildman–Crippen LogP) is 5.45. The summed E-state index contributed by atoms with van der Waals surface area (Å²) >= 11 is 18.6. The lowest BCUT2D eigenvalue weighted by Gasteiger charge is -2.18. The number of pyridine rings is 1. The molecule has 1 aliphatic heterocycles. The summed E-state index contributed by atoms with van der Waals surface area (Å²) in [6, 6.07) is 13.5. The van der Waals surface area contributed by atoms with E-state index in [2.05, 4.69) is 10.3 Å². The van der Waals surface area contributed by atoms with Crippen LogP contribution >= 0.6 is 34.8 Å². The summed E-state index contributed by atoms with van der Waals surface area (Å²) in [5, 5.41) is 3.69. The molecule has 0 atom stereocenters. The molecular formula is C20H12Cl3N3O2. The highest BCUT2D eigenvalue weighted by atomic mass is 35.5. The molecule has 1 aliphatic rings. The lowest BCUT2D eigenvalue weighted by atomic mass is 10.1. The summed E-state index contributed by atoms with van der Waals surface area (Å²) in [7, 11) is 0. The van der Waals surface area contributed by atoms with Crippen molar-refractivity contribution in [3.63, 3.8) is 0 Å². The molecule has 0 unspecified atom stereocenters. The molecule has 140 valence electrons. The summed E-state index contributed by atoms with van der Waals surface area (Å²) in [6.45, 7) is 0.379. The summed E-state index contributed by atoms with van der Waals surface area (Å²) in [5.74, 6) is -0.662. The zero-order valence-electron chi connectivity index (χ0n) is 14.2. The molecule has 2 amide bonds. The van der Waals surface area contributed by atoms with Crippen molar-refractivity contribution in [3.05, 3.63) is 86.6 Å². The van der Waals surface area contributed by atoms with Crippen molar-refractivity contribution < 1.29 is 9.59 Å². The molecule has 2 aromatic carbocycles. The highest BCUT2D eigenvalue weighted by Crippen LogP contribution is 2.37. The SMILES string of the molecule is O=C(Nc1ccc(N2Cc3cccc(Cl)c3C2=O)c(Cl)c1)c1ncccc1Cl. The minimum absolute atomic E-state index is 0.115. The van der Waals surface area contributed by atoms with Gasteiger partial charge in [0.2, 0.25) is 0 Å². The Morgan fingerprint density at radius 2 is 1.79 bits per heavy atom. The van der Waals surface area contributed by atoms with Crippen LogP contribution in [0, 0.1) is 0 Å². The van der Waals surface area contributed by atoms with Crippen LogP contribution in [0.25, 0.3) is 0 Å². The zero-order chi connectivity index (χ0) is 19.8. The Morgan fingerprint density at radius 3 is 2.50 bits per heavy atom. The first kappa shape index (κ1) is 18.7. The van der Waals surface area contributed by atoms with Gasteiger partial charge in [-0.1, -0.05) is 46.9 Å². The van der Waals surface area contributed by atoms with E-state index in [0.717, 1.165) is 5.56 Å². The molecule has 0 saturated carbocycles. The largest absolute Gasteiger partial charge is 0.321 e. The Morgan fingerprint density at radius 1 is 1.00 bits per heavy atom. The zero-order valence-corrected chi connectivity index (χ0v) is 16.5. The second-order valence-electron chi connectivity index (χ2n) is 6.12. The molecule has 0 aliphatic carbocycles. The van der Waals surface area contributed by atoms with Gasteiger partial charge in [-0.2, -0.15) is 0 Å². The maximum absolute atomic E-state index is 12.7. The van der Waals surface area contributed by atoms with Crippen molar-refractivity contribution in [3.8, 4) is 0 Å². The molecule has 28 heavy (non-hydrogen) atoms. The number of benzene rings is 2. The maximum Gasteiger partial charge on any atom is 0.275 e. The summed E-state index contributed by atoms with van der Waals surface area (Å²) in [6.07, 6.45) is 1.48. The highest BCUT2D eigenvalue weighted by Gasteiger charge is 2.31. The molecule has 2 heterocycles. The molecule has 0 saturated heterocycles. The van der Waals surface area contributed by atoms with E-state index in [-0.39, 0.29) is 16.6 Å². The Labute approximate surface area is 175 Å². The van der Waals surface area contributed by atoms with E-state index < -0.39 is 5.91 Å². The minimum atomic E-state index is -0.453. The minimum Gasteiger partial charge on any atom is -0.321 e. The van der Waals surface area contributed by atoms with E-state index in [1.54, 1.807) is 47.4 Å². The second kappa shape index (κ2) is 7.43. The fraction of sp³-hybridized carbons (Fsp3) is 0.0500. The lowest BCUT2D eigenvalue weighted by molar-refractivity contribution is 0.0994. The van der Waals surface area contributed by atoms with Crippen molar-refractivity contribution in [2.45, 2.75) is 6.54 Å². The standard InChI is InChI=1S/C20H12Cl3N3O2/c21-13-4-1-3-11-10-26(20(28)17(11)13)16-7-6-12(9-15(16)23)25-19(27)18-14(22)5-2-8-24-18/h1-9H,10H2,(H,25,27). The van der Waals surface area contributed by atoms with Gasteiger partial charge in [0.05, 0.1) is 32.9 Å². The molecule has 5 nitrogen and oxygen atoms in total. The number of fused-ring (bicyclic) bond motifs is 1. The molecular weight excluding hydrogens is 421 g/mol. The van der Waals surface area contributed by atoms with Crippen molar-refractivity contribution in [2.75, 3.05) is 10.2 Å². The number of nitrogens with zero attached hydrogens (tertiary/aromatic N) is 2. The van der Waals surface area contributed by atoms with Crippen LogP contribution in [-0.4, -0.2) is 16.8 Å². The first-order valence-corrected chi connectivity index (χ1v) is 9.40. The first-order valence-electron chi connectivity index (χ1n) is 8.26. The second-order valence-corrected chi connectivity index (χ2v) is 7.34. The quantitative estimate of drug-likeness (QED) is 0.598. The van der Waals surface area contributed by atoms with Crippen LogP contribution < -0.4 is 10.2 Å². The Kier molecular flexibility index (Phi) is 4.98. The molecule has 1 N–H and O–H groups in total. The van der Waals surface area contributed by atoms with Crippen LogP contribution in [0.1, 0.15) is 26.4 Å². The maximum atomic E-state index is 12.7. The molecule has 3 aromatic rings. The highest BCUT2D eigenvalue weighted by molar-refractivity contribution is 6.37. The Hall–Kier alpha value is -2.60. The number of anilines is 2. The van der Waals surface area contributed by atoms with E-state index in [4.69, 9.17) is 34.8 Å². The van der Waals surface area contributed by atoms with Crippen LogP contribution in [-0.2, 0) is 6.54 Å². The molecule has 0 spiro atoms. The van der Waals surface area contributed by atoms with E-state index >= 15 is 0 Å². The average molecular weight is 433 g/mol. The van der Waals surface area contributed by atoms with Gasteiger partial charge in [-0.25, -0.2) is 4.98 Å². The van der Waals surface area contributed by atoms with Gasteiger partial charge in [-0.15, -0.1) is 0 Å². The van der Waals surface area contributed by atoms with Crippen LogP contribution in [0.4, 0.5) is 11.4 Å². The van der Waals surface area contributed by atoms with Gasteiger partial charge in [-0.3, -0.25) is 9.59 Å². The van der Waals surface area contributed by atoms with Gasteiger partial charge in [-0.05, 0) is 42.0 Å². The van der Waals surface area contributed by atoms with Crippen molar-refractivity contribution in [2.24, 2.45) is 0 Å². The summed E-state index contributed by atoms with van der Waals surface area (Å²) in [4.78, 5) is 30.6. The van der Waals surface area contributed by atoms with Gasteiger partial charge in [0.1, 0.15) is 5.69 Å². The molecule has 8 heteroatoms.